The van der Waals surface area contributed by atoms with Crippen molar-refractivity contribution in [2.75, 3.05) is 26.2 Å². The van der Waals surface area contributed by atoms with Gasteiger partial charge in [0.15, 0.2) is 0 Å². The number of phenolic OH excluding ortho intramolecular Hbond substituents is 2. The Morgan fingerprint density at radius 2 is 2.00 bits per heavy atom. The monoisotopic (exact) mass is 264 g/mol. The molecule has 1 fully saturated rings. The maximum Gasteiger partial charge on any atom is 0.123 e. The quantitative estimate of drug-likeness (QED) is 0.735. The lowest BCUT2D eigenvalue weighted by atomic mass is 10.1. The molecule has 0 bridgehead atoms. The van der Waals surface area contributed by atoms with Gasteiger partial charge in [-0.2, -0.15) is 0 Å². The SMILES string of the molecule is CC(CNCc1ccc(O)cc1O)CN1CCCC1. The van der Waals surface area contributed by atoms with Gasteiger partial charge < -0.3 is 20.4 Å². The van der Waals surface area contributed by atoms with Crippen molar-refractivity contribution in [3.63, 3.8) is 0 Å². The molecule has 2 rings (SSSR count). The Balaban J connectivity index is 1.70. The van der Waals surface area contributed by atoms with Gasteiger partial charge in [-0.15, -0.1) is 0 Å². The average Bonchev–Trinajstić information content (AvgIpc) is 2.84. The van der Waals surface area contributed by atoms with Crippen LogP contribution in [-0.2, 0) is 6.54 Å². The Hall–Kier alpha value is -1.26. The Morgan fingerprint density at radius 3 is 2.68 bits per heavy atom. The fourth-order valence-corrected chi connectivity index (χ4v) is 2.63. The third-order valence-electron chi connectivity index (χ3n) is 3.65. The lowest BCUT2D eigenvalue weighted by molar-refractivity contribution is 0.282. The molecule has 1 aliphatic heterocycles. The molecular weight excluding hydrogens is 240 g/mol. The van der Waals surface area contributed by atoms with Gasteiger partial charge in [-0.3, -0.25) is 0 Å². The molecule has 3 N–H and O–H groups in total. The van der Waals surface area contributed by atoms with E-state index in [-0.39, 0.29) is 11.5 Å². The van der Waals surface area contributed by atoms with E-state index in [2.05, 4.69) is 17.1 Å². The van der Waals surface area contributed by atoms with Crippen LogP contribution in [0.1, 0.15) is 25.3 Å². The summed E-state index contributed by atoms with van der Waals surface area (Å²) in [4.78, 5) is 2.52. The second-order valence-electron chi connectivity index (χ2n) is 5.56. The molecule has 1 aromatic rings. The predicted octanol–water partition coefficient (Wildman–Crippen LogP) is 1.92. The van der Waals surface area contributed by atoms with Crippen LogP contribution in [0.2, 0.25) is 0 Å². The molecule has 4 heteroatoms. The molecule has 0 spiro atoms. The Labute approximate surface area is 115 Å². The molecule has 0 radical (unpaired) electrons. The molecule has 106 valence electrons. The second kappa shape index (κ2) is 6.78. The third kappa shape index (κ3) is 4.40. The van der Waals surface area contributed by atoms with E-state index in [0.29, 0.717) is 12.5 Å². The van der Waals surface area contributed by atoms with Crippen molar-refractivity contribution in [2.45, 2.75) is 26.3 Å². The minimum absolute atomic E-state index is 0.101. The van der Waals surface area contributed by atoms with Crippen LogP contribution in [-0.4, -0.2) is 41.3 Å². The summed E-state index contributed by atoms with van der Waals surface area (Å²) in [5.74, 6) is 0.862. The third-order valence-corrected chi connectivity index (χ3v) is 3.65. The average molecular weight is 264 g/mol. The summed E-state index contributed by atoms with van der Waals surface area (Å²) in [7, 11) is 0. The number of likely N-dealkylation sites (tertiary alicyclic amines) is 1. The van der Waals surface area contributed by atoms with Gasteiger partial charge in [-0.05, 0) is 44.5 Å². The summed E-state index contributed by atoms with van der Waals surface area (Å²) < 4.78 is 0. The Bertz CT molecular complexity index is 403. The number of hydrogen-bond donors (Lipinski definition) is 3. The normalized spacial score (nSPS) is 17.7. The summed E-state index contributed by atoms with van der Waals surface area (Å²) in [6.07, 6.45) is 2.67. The highest BCUT2D eigenvalue weighted by atomic mass is 16.3. The molecule has 1 saturated heterocycles. The summed E-state index contributed by atoms with van der Waals surface area (Å²) in [5.41, 5.74) is 0.825. The topological polar surface area (TPSA) is 55.7 Å². The van der Waals surface area contributed by atoms with E-state index >= 15 is 0 Å². The zero-order valence-corrected chi connectivity index (χ0v) is 11.6. The molecule has 0 amide bonds. The number of hydrogen-bond acceptors (Lipinski definition) is 4. The standard InChI is InChI=1S/C15H24N2O2/c1-12(11-17-6-2-3-7-17)9-16-10-13-4-5-14(18)8-15(13)19/h4-5,8,12,16,18-19H,2-3,6-7,9-11H2,1H3. The molecular formula is C15H24N2O2. The van der Waals surface area contributed by atoms with Crippen molar-refractivity contribution >= 4 is 0 Å². The van der Waals surface area contributed by atoms with Crippen molar-refractivity contribution in [3.05, 3.63) is 23.8 Å². The molecule has 0 saturated carbocycles. The highest BCUT2D eigenvalue weighted by Gasteiger charge is 2.14. The van der Waals surface area contributed by atoms with Gasteiger partial charge in [0.05, 0.1) is 0 Å². The number of benzene rings is 1. The van der Waals surface area contributed by atoms with E-state index in [4.69, 9.17) is 0 Å². The summed E-state index contributed by atoms with van der Waals surface area (Å²) in [5, 5.41) is 22.3. The largest absolute Gasteiger partial charge is 0.508 e. The van der Waals surface area contributed by atoms with Gasteiger partial charge in [-0.25, -0.2) is 0 Å². The van der Waals surface area contributed by atoms with E-state index in [1.165, 1.54) is 32.0 Å². The van der Waals surface area contributed by atoms with Crippen LogP contribution >= 0.6 is 0 Å². The van der Waals surface area contributed by atoms with Crippen LogP contribution in [0, 0.1) is 5.92 Å². The first kappa shape index (κ1) is 14.2. The fraction of sp³-hybridized carbons (Fsp3) is 0.600. The van der Waals surface area contributed by atoms with Gasteiger partial charge in [0.1, 0.15) is 11.5 Å². The molecule has 19 heavy (non-hydrogen) atoms. The van der Waals surface area contributed by atoms with Gasteiger partial charge in [0.2, 0.25) is 0 Å². The summed E-state index contributed by atoms with van der Waals surface area (Å²) >= 11 is 0. The van der Waals surface area contributed by atoms with Crippen molar-refractivity contribution < 1.29 is 10.2 Å². The van der Waals surface area contributed by atoms with Gasteiger partial charge in [0.25, 0.3) is 0 Å². The molecule has 1 aliphatic rings. The van der Waals surface area contributed by atoms with Gasteiger partial charge in [-0.1, -0.05) is 13.0 Å². The Morgan fingerprint density at radius 1 is 1.26 bits per heavy atom. The van der Waals surface area contributed by atoms with E-state index in [9.17, 15) is 10.2 Å². The van der Waals surface area contributed by atoms with Crippen molar-refractivity contribution in [3.8, 4) is 11.5 Å². The highest BCUT2D eigenvalue weighted by molar-refractivity contribution is 5.38. The molecule has 1 unspecified atom stereocenters. The van der Waals surface area contributed by atoms with Gasteiger partial charge in [0, 0.05) is 24.7 Å². The minimum Gasteiger partial charge on any atom is -0.508 e. The zero-order chi connectivity index (χ0) is 13.7. The minimum atomic E-state index is 0.101. The predicted molar refractivity (Wildman–Crippen MR) is 76.3 cm³/mol. The van der Waals surface area contributed by atoms with Crippen LogP contribution in [0.4, 0.5) is 0 Å². The first-order valence-electron chi connectivity index (χ1n) is 7.09. The summed E-state index contributed by atoms with van der Waals surface area (Å²) in [6, 6.07) is 4.73. The zero-order valence-electron chi connectivity index (χ0n) is 11.6. The molecule has 1 atom stereocenters. The van der Waals surface area contributed by atoms with Crippen LogP contribution in [0.3, 0.4) is 0 Å². The van der Waals surface area contributed by atoms with E-state index in [1.54, 1.807) is 12.1 Å². The van der Waals surface area contributed by atoms with E-state index in [0.717, 1.165) is 18.7 Å². The molecule has 1 aromatic carbocycles. The molecule has 4 nitrogen and oxygen atoms in total. The Kier molecular flexibility index (Phi) is 5.05. The summed E-state index contributed by atoms with van der Waals surface area (Å²) in [6.45, 7) is 7.45. The molecule has 0 aliphatic carbocycles. The van der Waals surface area contributed by atoms with E-state index < -0.39 is 0 Å². The van der Waals surface area contributed by atoms with E-state index in [1.807, 2.05) is 0 Å². The van der Waals surface area contributed by atoms with Crippen LogP contribution in [0.25, 0.3) is 0 Å². The smallest absolute Gasteiger partial charge is 0.123 e. The number of nitrogens with zero attached hydrogens (tertiary/aromatic N) is 1. The van der Waals surface area contributed by atoms with Crippen LogP contribution in [0.15, 0.2) is 18.2 Å². The first-order chi connectivity index (χ1) is 9.15. The van der Waals surface area contributed by atoms with Crippen molar-refractivity contribution in [1.82, 2.24) is 10.2 Å². The maximum absolute atomic E-state index is 9.68. The van der Waals surface area contributed by atoms with Crippen molar-refractivity contribution in [1.29, 1.82) is 0 Å². The fourth-order valence-electron chi connectivity index (χ4n) is 2.63. The number of rotatable bonds is 6. The first-order valence-corrected chi connectivity index (χ1v) is 7.09. The second-order valence-corrected chi connectivity index (χ2v) is 5.56. The highest BCUT2D eigenvalue weighted by Crippen LogP contribution is 2.22. The molecule has 1 heterocycles. The maximum atomic E-state index is 9.68. The number of phenols is 2. The van der Waals surface area contributed by atoms with Crippen LogP contribution < -0.4 is 5.32 Å². The van der Waals surface area contributed by atoms with Gasteiger partial charge >= 0.3 is 0 Å². The number of aromatic hydroxyl groups is 2. The number of nitrogens with one attached hydrogen (secondary N) is 1. The lowest BCUT2D eigenvalue weighted by Gasteiger charge is -2.20. The van der Waals surface area contributed by atoms with Crippen molar-refractivity contribution in [2.24, 2.45) is 5.92 Å². The lowest BCUT2D eigenvalue weighted by Crippen LogP contribution is -2.31. The van der Waals surface area contributed by atoms with Crippen LogP contribution in [0.5, 0.6) is 11.5 Å². The molecule has 0 aromatic heterocycles.